The number of amidine groups is 1. The number of hydrogen-bond donors (Lipinski definition) is 0. The van der Waals surface area contributed by atoms with Crippen LogP contribution >= 0.6 is 23.2 Å². The van der Waals surface area contributed by atoms with E-state index in [9.17, 15) is 0 Å². The lowest BCUT2D eigenvalue weighted by molar-refractivity contribution is 0.468. The van der Waals surface area contributed by atoms with Gasteiger partial charge in [-0.2, -0.15) is 0 Å². The highest BCUT2D eigenvalue weighted by Crippen LogP contribution is 2.20. The highest BCUT2D eigenvalue weighted by Gasteiger charge is 2.16. The zero-order valence-electron chi connectivity index (χ0n) is 8.37. The van der Waals surface area contributed by atoms with Crippen LogP contribution in [-0.4, -0.2) is 35.9 Å². The first kappa shape index (κ1) is 10.7. The van der Waals surface area contributed by atoms with Crippen LogP contribution in [0.4, 0.5) is 0 Å². The average molecular weight is 244 g/mol. The fourth-order valence-electron chi connectivity index (χ4n) is 1.59. The molecule has 1 aliphatic heterocycles. The molecule has 0 saturated heterocycles. The minimum absolute atomic E-state index is 0.405. The molecule has 0 atom stereocenters. The zero-order valence-corrected chi connectivity index (χ0v) is 9.89. The Balaban J connectivity index is 2.40. The van der Waals surface area contributed by atoms with Crippen LogP contribution in [-0.2, 0) is 0 Å². The monoisotopic (exact) mass is 243 g/mol. The molecular formula is C10H11Cl2N3. The van der Waals surface area contributed by atoms with Crippen LogP contribution in [0.3, 0.4) is 0 Å². The molecule has 80 valence electrons. The van der Waals surface area contributed by atoms with Gasteiger partial charge in [0, 0.05) is 20.1 Å². The van der Waals surface area contributed by atoms with Crippen molar-refractivity contribution in [3.8, 4) is 0 Å². The lowest BCUT2D eigenvalue weighted by atomic mass is 10.2. The summed E-state index contributed by atoms with van der Waals surface area (Å²) in [6, 6.07) is 3.59. The predicted octanol–water partition coefficient (Wildman–Crippen LogP) is 2.47. The molecule has 2 rings (SSSR count). The molecule has 0 amide bonds. The van der Waals surface area contributed by atoms with E-state index >= 15 is 0 Å². The van der Waals surface area contributed by atoms with Crippen molar-refractivity contribution >= 4 is 29.0 Å². The molecule has 1 aliphatic rings. The molecule has 0 unspecified atom stereocenters. The van der Waals surface area contributed by atoms with E-state index in [0.717, 1.165) is 30.9 Å². The number of aliphatic imine (C=N–C) groups is 1. The van der Waals surface area contributed by atoms with Gasteiger partial charge >= 0.3 is 0 Å². The summed E-state index contributed by atoms with van der Waals surface area (Å²) in [6.07, 6.45) is 1.08. The van der Waals surface area contributed by atoms with Crippen molar-refractivity contribution in [1.82, 2.24) is 9.88 Å². The SMILES string of the molecule is CN1CCCN=C1c1ccc(Cl)nc1Cl. The predicted molar refractivity (Wildman–Crippen MR) is 62.9 cm³/mol. The van der Waals surface area contributed by atoms with Gasteiger partial charge in [0.1, 0.15) is 16.1 Å². The first-order valence-electron chi connectivity index (χ1n) is 4.76. The Kier molecular flexibility index (Phi) is 3.12. The third-order valence-electron chi connectivity index (χ3n) is 2.33. The summed E-state index contributed by atoms with van der Waals surface area (Å²) in [5.41, 5.74) is 0.850. The maximum Gasteiger partial charge on any atom is 0.141 e. The van der Waals surface area contributed by atoms with Gasteiger partial charge in [-0.3, -0.25) is 4.99 Å². The number of nitrogens with zero attached hydrogens (tertiary/aromatic N) is 3. The summed E-state index contributed by atoms with van der Waals surface area (Å²) in [5, 5.41) is 0.817. The van der Waals surface area contributed by atoms with Gasteiger partial charge in [0.05, 0.1) is 5.56 Å². The lowest BCUT2D eigenvalue weighted by Crippen LogP contribution is -2.33. The number of rotatable bonds is 1. The van der Waals surface area contributed by atoms with Crippen molar-refractivity contribution in [3.63, 3.8) is 0 Å². The molecule has 0 fully saturated rings. The second kappa shape index (κ2) is 4.37. The highest BCUT2D eigenvalue weighted by molar-refractivity contribution is 6.34. The van der Waals surface area contributed by atoms with Gasteiger partial charge < -0.3 is 4.90 Å². The Labute approximate surface area is 98.7 Å². The fourth-order valence-corrected chi connectivity index (χ4v) is 2.02. The molecule has 5 heteroatoms. The first-order valence-corrected chi connectivity index (χ1v) is 5.52. The van der Waals surface area contributed by atoms with E-state index in [0.29, 0.717) is 10.3 Å². The molecule has 2 heterocycles. The van der Waals surface area contributed by atoms with E-state index in [1.54, 1.807) is 6.07 Å². The van der Waals surface area contributed by atoms with Crippen LogP contribution in [0.1, 0.15) is 12.0 Å². The fraction of sp³-hybridized carbons (Fsp3) is 0.400. The van der Waals surface area contributed by atoms with Gasteiger partial charge in [-0.25, -0.2) is 4.98 Å². The zero-order chi connectivity index (χ0) is 10.8. The summed E-state index contributed by atoms with van der Waals surface area (Å²) in [4.78, 5) is 10.5. The summed E-state index contributed by atoms with van der Waals surface area (Å²) in [5.74, 6) is 0.899. The molecule has 0 radical (unpaired) electrons. The van der Waals surface area contributed by atoms with Crippen LogP contribution in [0.15, 0.2) is 17.1 Å². The van der Waals surface area contributed by atoms with E-state index in [1.165, 1.54) is 0 Å². The molecular weight excluding hydrogens is 233 g/mol. The Morgan fingerprint density at radius 2 is 2.13 bits per heavy atom. The van der Waals surface area contributed by atoms with Gasteiger partial charge in [-0.1, -0.05) is 23.2 Å². The van der Waals surface area contributed by atoms with Crippen LogP contribution in [0.25, 0.3) is 0 Å². The Morgan fingerprint density at radius 3 is 2.80 bits per heavy atom. The van der Waals surface area contributed by atoms with Gasteiger partial charge in [0.15, 0.2) is 0 Å². The molecule has 0 aliphatic carbocycles. The van der Waals surface area contributed by atoms with Crippen molar-refractivity contribution in [2.45, 2.75) is 6.42 Å². The topological polar surface area (TPSA) is 28.5 Å². The summed E-state index contributed by atoms with van der Waals surface area (Å²) in [7, 11) is 2.00. The molecule has 0 saturated carbocycles. The molecule has 0 bridgehead atoms. The number of hydrogen-bond acceptors (Lipinski definition) is 3. The quantitative estimate of drug-likeness (QED) is 0.710. The number of aromatic nitrogens is 1. The summed E-state index contributed by atoms with van der Waals surface area (Å²) < 4.78 is 0. The Morgan fingerprint density at radius 1 is 1.33 bits per heavy atom. The van der Waals surface area contributed by atoms with Gasteiger partial charge in [0.25, 0.3) is 0 Å². The number of halogens is 2. The molecule has 1 aromatic heterocycles. The molecule has 3 nitrogen and oxygen atoms in total. The van der Waals surface area contributed by atoms with Gasteiger partial charge in [0.2, 0.25) is 0 Å². The van der Waals surface area contributed by atoms with Crippen molar-refractivity contribution in [2.75, 3.05) is 20.1 Å². The van der Waals surface area contributed by atoms with E-state index in [-0.39, 0.29) is 0 Å². The van der Waals surface area contributed by atoms with Crippen LogP contribution in [0, 0.1) is 0 Å². The first-order chi connectivity index (χ1) is 7.18. The minimum Gasteiger partial charge on any atom is -0.359 e. The van der Waals surface area contributed by atoms with Gasteiger partial charge in [-0.15, -0.1) is 0 Å². The minimum atomic E-state index is 0.405. The normalized spacial score (nSPS) is 16.5. The maximum atomic E-state index is 6.03. The van der Waals surface area contributed by atoms with Crippen molar-refractivity contribution in [2.24, 2.45) is 4.99 Å². The van der Waals surface area contributed by atoms with Gasteiger partial charge in [-0.05, 0) is 18.6 Å². The van der Waals surface area contributed by atoms with E-state index in [2.05, 4.69) is 14.9 Å². The number of pyridine rings is 1. The lowest BCUT2D eigenvalue weighted by Gasteiger charge is -2.25. The van der Waals surface area contributed by atoms with E-state index < -0.39 is 0 Å². The Bertz CT molecular complexity index is 404. The van der Waals surface area contributed by atoms with Crippen molar-refractivity contribution < 1.29 is 0 Å². The third kappa shape index (κ3) is 2.24. The highest BCUT2D eigenvalue weighted by atomic mass is 35.5. The van der Waals surface area contributed by atoms with Crippen LogP contribution < -0.4 is 0 Å². The standard InChI is InChI=1S/C10H11Cl2N3/c1-15-6-2-5-13-10(15)7-3-4-8(11)14-9(7)12/h3-4H,2,5-6H2,1H3. The Hall–Kier alpha value is -0.800. The molecule has 15 heavy (non-hydrogen) atoms. The van der Waals surface area contributed by atoms with Crippen molar-refractivity contribution in [3.05, 3.63) is 28.0 Å². The van der Waals surface area contributed by atoms with E-state index in [1.807, 2.05) is 13.1 Å². The average Bonchev–Trinajstić information content (AvgIpc) is 2.20. The molecule has 1 aromatic rings. The summed E-state index contributed by atoms with van der Waals surface area (Å²) in [6.45, 7) is 1.84. The molecule has 0 spiro atoms. The second-order valence-corrected chi connectivity index (χ2v) is 4.20. The largest absolute Gasteiger partial charge is 0.359 e. The van der Waals surface area contributed by atoms with E-state index in [4.69, 9.17) is 23.2 Å². The third-order valence-corrected chi connectivity index (χ3v) is 2.83. The molecule has 0 aromatic carbocycles. The maximum absolute atomic E-state index is 6.03. The summed E-state index contributed by atoms with van der Waals surface area (Å²) >= 11 is 11.8. The van der Waals surface area contributed by atoms with Crippen LogP contribution in [0.2, 0.25) is 10.3 Å². The second-order valence-electron chi connectivity index (χ2n) is 3.45. The smallest absolute Gasteiger partial charge is 0.141 e. The van der Waals surface area contributed by atoms with Crippen molar-refractivity contribution in [1.29, 1.82) is 0 Å². The van der Waals surface area contributed by atoms with Crippen LogP contribution in [0.5, 0.6) is 0 Å². The molecule has 0 N–H and O–H groups in total.